The van der Waals surface area contributed by atoms with Crippen molar-refractivity contribution in [1.82, 2.24) is 4.90 Å². The van der Waals surface area contributed by atoms with Crippen LogP contribution in [0.25, 0.3) is 0 Å². The van der Waals surface area contributed by atoms with E-state index >= 15 is 0 Å². The van der Waals surface area contributed by atoms with Gasteiger partial charge in [-0.1, -0.05) is 18.2 Å². The summed E-state index contributed by atoms with van der Waals surface area (Å²) >= 11 is 1.65. The third kappa shape index (κ3) is 4.92. The van der Waals surface area contributed by atoms with Crippen molar-refractivity contribution in [2.45, 2.75) is 58.5 Å². The van der Waals surface area contributed by atoms with Gasteiger partial charge in [0.15, 0.2) is 0 Å². The molecule has 1 aliphatic carbocycles. The standard InChI is InChI=1S/C19H29NO2S/c1-14(2)20(15(3)4)11-12-22-19(21)18(16-8-5-6-9-16)17-10-7-13-23-17/h5,7-8,10,13-16,18H,6,9,11-12H2,1-4H3/t16-,18+/m1/s1. The number of rotatable bonds is 8. The lowest BCUT2D eigenvalue weighted by Crippen LogP contribution is -2.40. The number of hydrogen-bond donors (Lipinski definition) is 0. The molecular formula is C19H29NO2S. The van der Waals surface area contributed by atoms with Crippen molar-refractivity contribution >= 4 is 17.3 Å². The van der Waals surface area contributed by atoms with Gasteiger partial charge in [0.1, 0.15) is 6.61 Å². The van der Waals surface area contributed by atoms with E-state index in [4.69, 9.17) is 4.74 Å². The lowest BCUT2D eigenvalue weighted by atomic mass is 9.90. The Hall–Kier alpha value is -1.13. The molecular weight excluding hydrogens is 306 g/mol. The molecule has 4 heteroatoms. The zero-order valence-electron chi connectivity index (χ0n) is 14.7. The molecule has 0 bridgehead atoms. The number of hydrogen-bond acceptors (Lipinski definition) is 4. The number of ether oxygens (including phenoxy) is 1. The van der Waals surface area contributed by atoms with Crippen molar-refractivity contribution in [3.8, 4) is 0 Å². The smallest absolute Gasteiger partial charge is 0.314 e. The molecule has 0 amide bonds. The molecule has 0 unspecified atom stereocenters. The SMILES string of the molecule is CC(C)N(CCOC(=O)[C@H](c1cccs1)[C@@H]1C=CCC1)C(C)C. The van der Waals surface area contributed by atoms with E-state index in [0.717, 1.165) is 24.3 Å². The normalized spacial score (nSPS) is 19.0. The molecule has 0 saturated heterocycles. The molecule has 0 fully saturated rings. The second-order valence-corrected chi connectivity index (χ2v) is 7.73. The van der Waals surface area contributed by atoms with Crippen LogP contribution in [-0.2, 0) is 9.53 Å². The van der Waals surface area contributed by atoms with Gasteiger partial charge < -0.3 is 4.74 Å². The van der Waals surface area contributed by atoms with Crippen LogP contribution in [0.15, 0.2) is 29.7 Å². The van der Waals surface area contributed by atoms with Gasteiger partial charge in [0.25, 0.3) is 0 Å². The summed E-state index contributed by atoms with van der Waals surface area (Å²) in [5.74, 6) is 0.0733. The van der Waals surface area contributed by atoms with Gasteiger partial charge in [-0.3, -0.25) is 9.69 Å². The molecule has 1 heterocycles. The number of allylic oxidation sites excluding steroid dienone is 2. The highest BCUT2D eigenvalue weighted by molar-refractivity contribution is 7.10. The lowest BCUT2D eigenvalue weighted by Gasteiger charge is -2.30. The molecule has 0 spiro atoms. The first-order chi connectivity index (χ1) is 11.0. The van der Waals surface area contributed by atoms with Crippen LogP contribution in [0.4, 0.5) is 0 Å². The second-order valence-electron chi connectivity index (χ2n) is 6.76. The molecule has 2 rings (SSSR count). The van der Waals surface area contributed by atoms with Crippen LogP contribution in [-0.4, -0.2) is 36.1 Å². The average Bonchev–Trinajstić information content (AvgIpc) is 3.16. The summed E-state index contributed by atoms with van der Waals surface area (Å²) in [6.45, 7) is 9.98. The van der Waals surface area contributed by atoms with Crippen LogP contribution in [0, 0.1) is 5.92 Å². The van der Waals surface area contributed by atoms with Crippen LogP contribution in [0.3, 0.4) is 0 Å². The number of carbonyl (C=O) groups is 1. The maximum atomic E-state index is 12.7. The van der Waals surface area contributed by atoms with Crippen molar-refractivity contribution in [2.24, 2.45) is 5.92 Å². The van der Waals surface area contributed by atoms with Crippen LogP contribution >= 0.6 is 11.3 Å². The summed E-state index contributed by atoms with van der Waals surface area (Å²) in [7, 11) is 0. The third-order valence-electron chi connectivity index (χ3n) is 4.50. The highest BCUT2D eigenvalue weighted by Gasteiger charge is 2.31. The Balaban J connectivity index is 1.95. The summed E-state index contributed by atoms with van der Waals surface area (Å²) in [5.41, 5.74) is 0. The van der Waals surface area contributed by atoms with Gasteiger partial charge in [0, 0.05) is 23.5 Å². The highest BCUT2D eigenvalue weighted by Crippen LogP contribution is 2.36. The van der Waals surface area contributed by atoms with Gasteiger partial charge >= 0.3 is 5.97 Å². The molecule has 0 radical (unpaired) electrons. The van der Waals surface area contributed by atoms with Crippen molar-refractivity contribution in [3.63, 3.8) is 0 Å². The first-order valence-corrected chi connectivity index (χ1v) is 9.51. The summed E-state index contributed by atoms with van der Waals surface area (Å²) in [4.78, 5) is 16.2. The molecule has 1 aliphatic rings. The minimum absolute atomic E-state index is 0.0727. The Morgan fingerprint density at radius 3 is 2.61 bits per heavy atom. The monoisotopic (exact) mass is 335 g/mol. The van der Waals surface area contributed by atoms with Crippen LogP contribution in [0.1, 0.15) is 51.3 Å². The quantitative estimate of drug-likeness (QED) is 0.519. The Bertz CT molecular complexity index is 499. The van der Waals surface area contributed by atoms with E-state index < -0.39 is 0 Å². The van der Waals surface area contributed by atoms with Crippen LogP contribution < -0.4 is 0 Å². The first kappa shape index (κ1) is 18.2. The molecule has 0 aliphatic heterocycles. The van der Waals surface area contributed by atoms with Crippen molar-refractivity contribution < 1.29 is 9.53 Å². The minimum atomic E-state index is -0.139. The van der Waals surface area contributed by atoms with E-state index in [-0.39, 0.29) is 17.8 Å². The fraction of sp³-hybridized carbons (Fsp3) is 0.632. The summed E-state index contributed by atoms with van der Waals surface area (Å²) < 4.78 is 5.66. The zero-order chi connectivity index (χ0) is 16.8. The maximum absolute atomic E-state index is 12.7. The topological polar surface area (TPSA) is 29.5 Å². The van der Waals surface area contributed by atoms with Crippen LogP contribution in [0.2, 0.25) is 0 Å². The van der Waals surface area contributed by atoms with Gasteiger partial charge in [-0.15, -0.1) is 11.3 Å². The number of nitrogens with zero attached hydrogens (tertiary/aromatic N) is 1. The largest absolute Gasteiger partial charge is 0.464 e. The van der Waals surface area contributed by atoms with Crippen molar-refractivity contribution in [2.75, 3.05) is 13.2 Å². The van der Waals surface area contributed by atoms with Gasteiger partial charge in [0.05, 0.1) is 5.92 Å². The number of carbonyl (C=O) groups excluding carboxylic acids is 1. The van der Waals surface area contributed by atoms with Gasteiger partial charge in [-0.25, -0.2) is 0 Å². The molecule has 2 atom stereocenters. The zero-order valence-corrected chi connectivity index (χ0v) is 15.5. The van der Waals surface area contributed by atoms with E-state index in [1.165, 1.54) is 0 Å². The molecule has 3 nitrogen and oxygen atoms in total. The van der Waals surface area contributed by atoms with Crippen molar-refractivity contribution in [3.05, 3.63) is 34.5 Å². The number of thiophene rings is 1. The molecule has 0 N–H and O–H groups in total. The van der Waals surface area contributed by atoms with E-state index in [1.54, 1.807) is 11.3 Å². The Labute approximate surface area is 144 Å². The average molecular weight is 336 g/mol. The fourth-order valence-corrected chi connectivity index (χ4v) is 4.25. The Kier molecular flexibility index (Phi) is 6.85. The third-order valence-corrected chi connectivity index (χ3v) is 5.46. The summed E-state index contributed by atoms with van der Waals surface area (Å²) in [5, 5.41) is 2.04. The molecule has 23 heavy (non-hydrogen) atoms. The van der Waals surface area contributed by atoms with E-state index in [1.807, 2.05) is 11.4 Å². The van der Waals surface area contributed by atoms with Crippen molar-refractivity contribution in [1.29, 1.82) is 0 Å². The van der Waals surface area contributed by atoms with E-state index in [0.29, 0.717) is 18.7 Å². The first-order valence-electron chi connectivity index (χ1n) is 8.63. The predicted molar refractivity (Wildman–Crippen MR) is 96.9 cm³/mol. The van der Waals surface area contributed by atoms with E-state index in [9.17, 15) is 4.79 Å². The predicted octanol–water partition coefficient (Wildman–Crippen LogP) is 4.46. The van der Waals surface area contributed by atoms with E-state index in [2.05, 4.69) is 50.8 Å². The minimum Gasteiger partial charge on any atom is -0.464 e. The summed E-state index contributed by atoms with van der Waals surface area (Å²) in [6.07, 6.45) is 6.47. The maximum Gasteiger partial charge on any atom is 0.314 e. The lowest BCUT2D eigenvalue weighted by molar-refractivity contribution is -0.147. The molecule has 0 saturated carbocycles. The van der Waals surface area contributed by atoms with Gasteiger partial charge in [-0.05, 0) is 57.9 Å². The Morgan fingerprint density at radius 1 is 1.35 bits per heavy atom. The molecule has 1 aromatic heterocycles. The number of esters is 1. The molecule has 128 valence electrons. The van der Waals surface area contributed by atoms with Gasteiger partial charge in [-0.2, -0.15) is 0 Å². The Morgan fingerprint density at radius 2 is 2.09 bits per heavy atom. The molecule has 1 aromatic rings. The van der Waals surface area contributed by atoms with Gasteiger partial charge in [0.2, 0.25) is 0 Å². The summed E-state index contributed by atoms with van der Waals surface area (Å²) in [6, 6.07) is 4.98. The molecule has 0 aromatic carbocycles. The fourth-order valence-electron chi connectivity index (χ4n) is 3.36. The van der Waals surface area contributed by atoms with Crippen LogP contribution in [0.5, 0.6) is 0 Å². The highest BCUT2D eigenvalue weighted by atomic mass is 32.1. The second kappa shape index (κ2) is 8.65.